The molecule has 1 atom stereocenters. The third-order valence-corrected chi connectivity index (χ3v) is 3.44. The van der Waals surface area contributed by atoms with Crippen molar-refractivity contribution in [3.8, 4) is 0 Å². The van der Waals surface area contributed by atoms with E-state index >= 15 is 0 Å². The van der Waals surface area contributed by atoms with Crippen LogP contribution in [0.3, 0.4) is 0 Å². The highest BCUT2D eigenvalue weighted by Crippen LogP contribution is 2.36. The molecule has 0 aliphatic heterocycles. The zero-order valence-electron chi connectivity index (χ0n) is 13.5. The van der Waals surface area contributed by atoms with Crippen LogP contribution >= 0.6 is 0 Å². The average molecular weight is 377 g/mol. The number of aromatic nitrogens is 2. The Hall–Kier alpha value is -2.65. The van der Waals surface area contributed by atoms with Crippen LogP contribution in [-0.4, -0.2) is 15.9 Å². The lowest BCUT2D eigenvalue weighted by atomic mass is 10.0. The number of hydrogen-bond acceptors (Lipinski definition) is 3. The van der Waals surface area contributed by atoms with Gasteiger partial charge in [0.1, 0.15) is 0 Å². The molecule has 0 fully saturated rings. The van der Waals surface area contributed by atoms with Crippen molar-refractivity contribution in [1.82, 2.24) is 15.3 Å². The highest BCUT2D eigenvalue weighted by Gasteiger charge is 2.37. The largest absolute Gasteiger partial charge is 0.416 e. The van der Waals surface area contributed by atoms with E-state index in [1.807, 2.05) is 0 Å². The third kappa shape index (κ3) is 4.70. The topological polar surface area (TPSA) is 54.9 Å². The Morgan fingerprint density at radius 3 is 1.92 bits per heavy atom. The van der Waals surface area contributed by atoms with Crippen molar-refractivity contribution < 1.29 is 31.1 Å². The molecule has 2 rings (SSSR count). The zero-order valence-corrected chi connectivity index (χ0v) is 13.5. The van der Waals surface area contributed by atoms with Crippen LogP contribution in [0, 0.1) is 6.92 Å². The summed E-state index contributed by atoms with van der Waals surface area (Å²) in [5, 5.41) is 2.31. The molecule has 1 amide bonds. The van der Waals surface area contributed by atoms with E-state index in [0.717, 1.165) is 0 Å². The van der Waals surface area contributed by atoms with Gasteiger partial charge in [-0.05, 0) is 32.0 Å². The van der Waals surface area contributed by atoms with E-state index in [1.165, 1.54) is 19.3 Å². The SMILES string of the molecule is Cc1cnc(C(C)NC(=O)c2cc(C(F)(F)F)cc(C(F)(F)F)c2)cn1. The molecule has 10 heteroatoms. The number of carbonyl (C=O) groups excluding carboxylic acids is 1. The Morgan fingerprint density at radius 1 is 0.962 bits per heavy atom. The summed E-state index contributed by atoms with van der Waals surface area (Å²) in [4.78, 5) is 20.1. The molecular weight excluding hydrogens is 364 g/mol. The van der Waals surface area contributed by atoms with Crippen molar-refractivity contribution in [2.75, 3.05) is 0 Å². The lowest BCUT2D eigenvalue weighted by Gasteiger charge is -2.16. The van der Waals surface area contributed by atoms with Crippen LogP contribution in [0.4, 0.5) is 26.3 Å². The molecule has 4 nitrogen and oxygen atoms in total. The molecule has 0 aliphatic rings. The van der Waals surface area contributed by atoms with Crippen molar-refractivity contribution in [1.29, 1.82) is 0 Å². The molecule has 140 valence electrons. The molecule has 1 heterocycles. The van der Waals surface area contributed by atoms with E-state index in [0.29, 0.717) is 23.5 Å². The minimum Gasteiger partial charge on any atom is -0.344 e. The monoisotopic (exact) mass is 377 g/mol. The first-order chi connectivity index (χ1) is 11.9. The molecule has 0 spiro atoms. The van der Waals surface area contributed by atoms with Gasteiger partial charge in [0.05, 0.1) is 34.8 Å². The maximum atomic E-state index is 12.8. The van der Waals surface area contributed by atoms with Crippen molar-refractivity contribution in [3.05, 3.63) is 58.7 Å². The predicted octanol–water partition coefficient (Wildman–Crippen LogP) is 4.31. The molecule has 1 aromatic carbocycles. The van der Waals surface area contributed by atoms with E-state index in [4.69, 9.17) is 0 Å². The van der Waals surface area contributed by atoms with Gasteiger partial charge >= 0.3 is 12.4 Å². The maximum Gasteiger partial charge on any atom is 0.416 e. The van der Waals surface area contributed by atoms with Crippen LogP contribution in [0.25, 0.3) is 0 Å². The second kappa shape index (κ2) is 6.93. The summed E-state index contributed by atoms with van der Waals surface area (Å²) in [5.74, 6) is -1.09. The molecule has 1 N–H and O–H groups in total. The van der Waals surface area contributed by atoms with E-state index in [-0.39, 0.29) is 6.07 Å². The minimum absolute atomic E-state index is 0.0361. The normalized spacial score (nSPS) is 13.4. The lowest BCUT2D eigenvalue weighted by Crippen LogP contribution is -2.28. The van der Waals surface area contributed by atoms with Gasteiger partial charge in [0.25, 0.3) is 5.91 Å². The molecule has 0 saturated heterocycles. The Balaban J connectivity index is 2.34. The van der Waals surface area contributed by atoms with Crippen molar-refractivity contribution in [3.63, 3.8) is 0 Å². The summed E-state index contributed by atoms with van der Waals surface area (Å²) in [7, 11) is 0. The molecule has 0 radical (unpaired) electrons. The number of carbonyl (C=O) groups is 1. The Kier molecular flexibility index (Phi) is 5.24. The van der Waals surface area contributed by atoms with Gasteiger partial charge < -0.3 is 5.32 Å². The van der Waals surface area contributed by atoms with Crippen molar-refractivity contribution >= 4 is 5.91 Å². The molecule has 2 aromatic rings. The van der Waals surface area contributed by atoms with Gasteiger partial charge in [-0.15, -0.1) is 0 Å². The number of rotatable bonds is 3. The highest BCUT2D eigenvalue weighted by atomic mass is 19.4. The predicted molar refractivity (Wildman–Crippen MR) is 79.1 cm³/mol. The van der Waals surface area contributed by atoms with E-state index < -0.39 is 41.0 Å². The van der Waals surface area contributed by atoms with Crippen LogP contribution in [0.15, 0.2) is 30.6 Å². The summed E-state index contributed by atoms with van der Waals surface area (Å²) >= 11 is 0. The number of aryl methyl sites for hydroxylation is 1. The van der Waals surface area contributed by atoms with E-state index in [2.05, 4.69) is 15.3 Å². The minimum atomic E-state index is -5.02. The second-order valence-corrected chi connectivity index (χ2v) is 5.57. The number of halogens is 6. The van der Waals surface area contributed by atoms with E-state index in [1.54, 1.807) is 6.92 Å². The smallest absolute Gasteiger partial charge is 0.344 e. The van der Waals surface area contributed by atoms with Gasteiger partial charge in [-0.3, -0.25) is 14.8 Å². The number of nitrogens with zero attached hydrogens (tertiary/aromatic N) is 2. The van der Waals surface area contributed by atoms with Gasteiger partial charge in [0, 0.05) is 11.8 Å². The summed E-state index contributed by atoms with van der Waals surface area (Å²) in [5.41, 5.74) is -2.94. The lowest BCUT2D eigenvalue weighted by molar-refractivity contribution is -0.143. The molecule has 0 aliphatic carbocycles. The number of amides is 1. The van der Waals surface area contributed by atoms with Gasteiger partial charge in [0.15, 0.2) is 0 Å². The second-order valence-electron chi connectivity index (χ2n) is 5.57. The Morgan fingerprint density at radius 2 is 1.50 bits per heavy atom. The fourth-order valence-corrected chi connectivity index (χ4v) is 2.07. The van der Waals surface area contributed by atoms with Crippen LogP contribution in [0.5, 0.6) is 0 Å². The molecule has 26 heavy (non-hydrogen) atoms. The highest BCUT2D eigenvalue weighted by molar-refractivity contribution is 5.94. The third-order valence-electron chi connectivity index (χ3n) is 3.44. The molecule has 0 saturated carbocycles. The Bertz CT molecular complexity index is 767. The number of alkyl halides is 6. The van der Waals surface area contributed by atoms with Crippen molar-refractivity contribution in [2.45, 2.75) is 32.2 Å². The van der Waals surface area contributed by atoms with Crippen LogP contribution < -0.4 is 5.32 Å². The number of hydrogen-bond donors (Lipinski definition) is 1. The summed E-state index contributed by atoms with van der Waals surface area (Å²) in [6.07, 6.45) is -7.27. The van der Waals surface area contributed by atoms with Gasteiger partial charge in [-0.25, -0.2) is 0 Å². The van der Waals surface area contributed by atoms with E-state index in [9.17, 15) is 31.1 Å². The fraction of sp³-hybridized carbons (Fsp3) is 0.312. The van der Waals surface area contributed by atoms with Crippen LogP contribution in [0.2, 0.25) is 0 Å². The number of nitrogens with one attached hydrogen (secondary N) is 1. The number of benzene rings is 1. The van der Waals surface area contributed by atoms with Gasteiger partial charge in [0.2, 0.25) is 0 Å². The average Bonchev–Trinajstić information content (AvgIpc) is 2.53. The van der Waals surface area contributed by atoms with Gasteiger partial charge in [-0.1, -0.05) is 0 Å². The van der Waals surface area contributed by atoms with Gasteiger partial charge in [-0.2, -0.15) is 26.3 Å². The Labute approximate surface area is 144 Å². The maximum absolute atomic E-state index is 12.8. The standard InChI is InChI=1S/C16H13F6N3O/c1-8-6-24-13(7-23-8)9(2)25-14(26)10-3-11(15(17,18)19)5-12(4-10)16(20,21)22/h3-7,9H,1-2H3,(H,25,26). The fourth-order valence-electron chi connectivity index (χ4n) is 2.07. The van der Waals surface area contributed by atoms with Crippen LogP contribution in [0.1, 0.15) is 45.8 Å². The first kappa shape index (κ1) is 19.7. The molecule has 1 aromatic heterocycles. The first-order valence-electron chi connectivity index (χ1n) is 7.27. The summed E-state index contributed by atoms with van der Waals surface area (Å²) in [6.45, 7) is 3.16. The zero-order chi connectivity index (χ0) is 19.7. The molecule has 1 unspecified atom stereocenters. The summed E-state index contributed by atoms with van der Waals surface area (Å²) < 4.78 is 77.1. The first-order valence-corrected chi connectivity index (χ1v) is 7.27. The van der Waals surface area contributed by atoms with Crippen LogP contribution in [-0.2, 0) is 12.4 Å². The summed E-state index contributed by atoms with van der Waals surface area (Å²) in [6, 6.07) is -0.0542. The molecular formula is C16H13F6N3O. The quantitative estimate of drug-likeness (QED) is 0.811. The molecule has 0 bridgehead atoms. The van der Waals surface area contributed by atoms with Crippen molar-refractivity contribution in [2.24, 2.45) is 0 Å².